The zero-order valence-corrected chi connectivity index (χ0v) is 9.91. The number of rotatable bonds is 1. The molecule has 3 rings (SSSR count). The van der Waals surface area contributed by atoms with Gasteiger partial charge in [0, 0.05) is 19.0 Å². The van der Waals surface area contributed by atoms with Crippen molar-refractivity contribution in [3.05, 3.63) is 24.2 Å². The molecule has 1 N–H and O–H groups in total. The van der Waals surface area contributed by atoms with Gasteiger partial charge in [-0.15, -0.1) is 0 Å². The van der Waals surface area contributed by atoms with E-state index in [1.54, 1.807) is 6.26 Å². The van der Waals surface area contributed by atoms with Crippen molar-refractivity contribution < 1.29 is 4.42 Å². The van der Waals surface area contributed by atoms with Crippen molar-refractivity contribution in [3.8, 4) is 0 Å². The van der Waals surface area contributed by atoms with Crippen LogP contribution in [-0.2, 0) is 0 Å². The minimum atomic E-state index is 0.449. The molecular weight excluding hydrogens is 200 g/mol. The van der Waals surface area contributed by atoms with Crippen LogP contribution in [0.2, 0.25) is 0 Å². The summed E-state index contributed by atoms with van der Waals surface area (Å²) in [6.07, 6.45) is 4.39. The van der Waals surface area contributed by atoms with E-state index in [4.69, 9.17) is 4.42 Å². The van der Waals surface area contributed by atoms with Crippen LogP contribution < -0.4 is 5.32 Å². The molecule has 0 amide bonds. The molecule has 1 aromatic rings. The Balaban J connectivity index is 1.83. The number of hydrogen-bond donors (Lipinski definition) is 1. The van der Waals surface area contributed by atoms with Gasteiger partial charge in [-0.1, -0.05) is 0 Å². The van der Waals surface area contributed by atoms with Crippen molar-refractivity contribution in [1.82, 2.24) is 10.2 Å². The highest BCUT2D eigenvalue weighted by Crippen LogP contribution is 2.46. The standard InChI is InChI=1S/C13H20N2O/c1-15-6-4-13(5-7-15)10-14-9-11(13)12-3-2-8-16-12/h2-3,8,11,14H,4-7,9-10H2,1H3. The highest BCUT2D eigenvalue weighted by molar-refractivity contribution is 5.16. The van der Waals surface area contributed by atoms with Crippen LogP contribution in [0.15, 0.2) is 22.8 Å². The van der Waals surface area contributed by atoms with Gasteiger partial charge in [0.05, 0.1) is 6.26 Å². The zero-order valence-electron chi connectivity index (χ0n) is 9.91. The van der Waals surface area contributed by atoms with Crippen LogP contribution in [0, 0.1) is 5.41 Å². The van der Waals surface area contributed by atoms with Crippen LogP contribution in [0.5, 0.6) is 0 Å². The van der Waals surface area contributed by atoms with Crippen LogP contribution in [0.3, 0.4) is 0 Å². The molecule has 0 aromatic carbocycles. The summed E-state index contributed by atoms with van der Waals surface area (Å²) in [4.78, 5) is 2.43. The SMILES string of the molecule is CN1CCC2(CC1)CNCC2c1ccco1. The van der Waals surface area contributed by atoms with Crippen molar-refractivity contribution in [2.24, 2.45) is 5.41 Å². The van der Waals surface area contributed by atoms with Gasteiger partial charge in [0.1, 0.15) is 5.76 Å². The fourth-order valence-corrected chi connectivity index (χ4v) is 3.29. The minimum absolute atomic E-state index is 0.449. The van der Waals surface area contributed by atoms with Gasteiger partial charge in [-0.25, -0.2) is 0 Å². The minimum Gasteiger partial charge on any atom is -0.469 e. The fraction of sp³-hybridized carbons (Fsp3) is 0.692. The Kier molecular flexibility index (Phi) is 2.52. The summed E-state index contributed by atoms with van der Waals surface area (Å²) in [5.74, 6) is 1.76. The average molecular weight is 220 g/mol. The van der Waals surface area contributed by atoms with E-state index in [0.29, 0.717) is 11.3 Å². The molecule has 0 saturated carbocycles. The molecule has 1 aromatic heterocycles. The molecule has 2 fully saturated rings. The normalized spacial score (nSPS) is 29.9. The van der Waals surface area contributed by atoms with E-state index in [1.165, 1.54) is 31.7 Å². The molecule has 1 spiro atoms. The molecule has 1 unspecified atom stereocenters. The summed E-state index contributed by atoms with van der Waals surface area (Å²) in [7, 11) is 2.22. The van der Waals surface area contributed by atoms with Gasteiger partial charge >= 0.3 is 0 Å². The van der Waals surface area contributed by atoms with Crippen molar-refractivity contribution in [2.45, 2.75) is 18.8 Å². The van der Waals surface area contributed by atoms with Gasteiger partial charge in [0.15, 0.2) is 0 Å². The number of likely N-dealkylation sites (tertiary alicyclic amines) is 1. The van der Waals surface area contributed by atoms with Crippen LogP contribution in [0.1, 0.15) is 24.5 Å². The Morgan fingerprint density at radius 3 is 2.94 bits per heavy atom. The molecule has 3 heteroatoms. The van der Waals surface area contributed by atoms with Crippen molar-refractivity contribution >= 4 is 0 Å². The third-order valence-corrected chi connectivity index (χ3v) is 4.43. The molecule has 1 atom stereocenters. The molecule has 2 aliphatic rings. The molecule has 0 bridgehead atoms. The van der Waals surface area contributed by atoms with E-state index in [2.05, 4.69) is 23.3 Å². The van der Waals surface area contributed by atoms with Crippen LogP contribution >= 0.6 is 0 Å². The first-order valence-corrected chi connectivity index (χ1v) is 6.23. The predicted molar refractivity (Wildman–Crippen MR) is 63.5 cm³/mol. The lowest BCUT2D eigenvalue weighted by molar-refractivity contribution is 0.116. The lowest BCUT2D eigenvalue weighted by Crippen LogP contribution is -2.41. The molecule has 2 saturated heterocycles. The van der Waals surface area contributed by atoms with E-state index in [-0.39, 0.29) is 0 Å². The summed E-state index contributed by atoms with van der Waals surface area (Å²) < 4.78 is 5.62. The topological polar surface area (TPSA) is 28.4 Å². The molecule has 16 heavy (non-hydrogen) atoms. The van der Waals surface area contributed by atoms with Crippen LogP contribution in [0.4, 0.5) is 0 Å². The fourth-order valence-electron chi connectivity index (χ4n) is 3.29. The second kappa shape index (κ2) is 3.90. The molecular formula is C13H20N2O. The van der Waals surface area contributed by atoms with E-state index in [0.717, 1.165) is 13.1 Å². The van der Waals surface area contributed by atoms with Gasteiger partial charge in [-0.3, -0.25) is 0 Å². The van der Waals surface area contributed by atoms with Crippen molar-refractivity contribution in [3.63, 3.8) is 0 Å². The maximum atomic E-state index is 5.62. The number of piperidine rings is 1. The first kappa shape index (κ1) is 10.4. The summed E-state index contributed by atoms with van der Waals surface area (Å²) >= 11 is 0. The lowest BCUT2D eigenvalue weighted by atomic mass is 9.70. The molecule has 3 nitrogen and oxygen atoms in total. The van der Waals surface area contributed by atoms with Gasteiger partial charge in [0.2, 0.25) is 0 Å². The summed E-state index contributed by atoms with van der Waals surface area (Å²) in [5.41, 5.74) is 0.449. The first-order valence-electron chi connectivity index (χ1n) is 6.23. The zero-order chi connectivity index (χ0) is 11.0. The van der Waals surface area contributed by atoms with E-state index >= 15 is 0 Å². The van der Waals surface area contributed by atoms with E-state index in [1.807, 2.05) is 6.07 Å². The number of furan rings is 1. The Bertz CT molecular complexity index is 339. The van der Waals surface area contributed by atoms with E-state index < -0.39 is 0 Å². The molecule has 88 valence electrons. The number of nitrogens with one attached hydrogen (secondary N) is 1. The second-order valence-corrected chi connectivity index (χ2v) is 5.36. The Morgan fingerprint density at radius 1 is 1.44 bits per heavy atom. The highest BCUT2D eigenvalue weighted by atomic mass is 16.3. The van der Waals surface area contributed by atoms with Gasteiger partial charge < -0.3 is 14.6 Å². The first-order chi connectivity index (χ1) is 7.80. The largest absolute Gasteiger partial charge is 0.469 e. The Labute approximate surface area is 96.8 Å². The van der Waals surface area contributed by atoms with Gasteiger partial charge in [-0.05, 0) is 50.5 Å². The Morgan fingerprint density at radius 2 is 2.25 bits per heavy atom. The number of nitrogens with zero attached hydrogens (tertiary/aromatic N) is 1. The molecule has 3 heterocycles. The highest BCUT2D eigenvalue weighted by Gasteiger charge is 2.46. The third-order valence-electron chi connectivity index (χ3n) is 4.43. The van der Waals surface area contributed by atoms with Gasteiger partial charge in [-0.2, -0.15) is 0 Å². The number of hydrogen-bond acceptors (Lipinski definition) is 3. The lowest BCUT2D eigenvalue weighted by Gasteiger charge is -2.40. The monoisotopic (exact) mass is 220 g/mol. The molecule has 2 aliphatic heterocycles. The second-order valence-electron chi connectivity index (χ2n) is 5.36. The summed E-state index contributed by atoms with van der Waals surface area (Å²) in [6, 6.07) is 4.15. The van der Waals surface area contributed by atoms with Crippen molar-refractivity contribution in [1.29, 1.82) is 0 Å². The summed E-state index contributed by atoms with van der Waals surface area (Å²) in [5, 5.41) is 3.56. The molecule has 0 aliphatic carbocycles. The van der Waals surface area contributed by atoms with E-state index in [9.17, 15) is 0 Å². The van der Waals surface area contributed by atoms with Crippen molar-refractivity contribution in [2.75, 3.05) is 33.2 Å². The quantitative estimate of drug-likeness (QED) is 0.780. The summed E-state index contributed by atoms with van der Waals surface area (Å²) in [6.45, 7) is 4.68. The van der Waals surface area contributed by atoms with Crippen LogP contribution in [-0.4, -0.2) is 38.1 Å². The Hall–Kier alpha value is -0.800. The maximum absolute atomic E-state index is 5.62. The third kappa shape index (κ3) is 1.59. The predicted octanol–water partition coefficient (Wildman–Crippen LogP) is 1.68. The maximum Gasteiger partial charge on any atom is 0.108 e. The smallest absolute Gasteiger partial charge is 0.108 e. The molecule has 0 radical (unpaired) electrons. The average Bonchev–Trinajstić information content (AvgIpc) is 2.92. The van der Waals surface area contributed by atoms with Gasteiger partial charge in [0.25, 0.3) is 0 Å². The van der Waals surface area contributed by atoms with Crippen LogP contribution in [0.25, 0.3) is 0 Å².